The molecule has 0 saturated carbocycles. The van der Waals surface area contributed by atoms with Crippen molar-refractivity contribution in [3.63, 3.8) is 0 Å². The molecule has 1 aliphatic heterocycles. The van der Waals surface area contributed by atoms with E-state index in [1.54, 1.807) is 4.90 Å². The first-order valence-electron chi connectivity index (χ1n) is 4.56. The smallest absolute Gasteiger partial charge is 0.323 e. The molecule has 1 aromatic rings. The van der Waals surface area contributed by atoms with Gasteiger partial charge in [0.1, 0.15) is 24.7 Å². The molecule has 80 valence electrons. The van der Waals surface area contributed by atoms with Gasteiger partial charge >= 0.3 is 5.97 Å². The fourth-order valence-electron chi connectivity index (χ4n) is 1.58. The van der Waals surface area contributed by atoms with Crippen LogP contribution in [0.25, 0.3) is 0 Å². The van der Waals surface area contributed by atoms with E-state index in [1.165, 1.54) is 18.2 Å². The first kappa shape index (κ1) is 9.76. The van der Waals surface area contributed by atoms with Crippen molar-refractivity contribution < 1.29 is 19.0 Å². The molecule has 1 N–H and O–H groups in total. The maximum atomic E-state index is 12.9. The Balaban J connectivity index is 2.30. The number of ether oxygens (including phenoxy) is 1. The van der Waals surface area contributed by atoms with Crippen LogP contribution >= 0.6 is 0 Å². The number of halogens is 1. The minimum Gasteiger partial charge on any atom is -0.489 e. The third-order valence-electron chi connectivity index (χ3n) is 2.21. The largest absolute Gasteiger partial charge is 0.489 e. The standard InChI is InChI=1S/C10H10FNO3/c11-7-1-2-8-9(5-7)15-4-3-12(8)6-10(13)14/h1-2,5H,3-4,6H2,(H,13,14). The summed E-state index contributed by atoms with van der Waals surface area (Å²) in [6.07, 6.45) is 0. The molecule has 1 aliphatic rings. The second-order valence-electron chi connectivity index (χ2n) is 3.28. The molecule has 1 aromatic carbocycles. The molecule has 2 rings (SSSR count). The predicted octanol–water partition coefficient (Wildman–Crippen LogP) is 1.11. The second kappa shape index (κ2) is 3.76. The van der Waals surface area contributed by atoms with E-state index >= 15 is 0 Å². The lowest BCUT2D eigenvalue weighted by Gasteiger charge is -2.29. The van der Waals surface area contributed by atoms with Crippen LogP contribution in [0.3, 0.4) is 0 Å². The number of hydrogen-bond donors (Lipinski definition) is 1. The Hall–Kier alpha value is -1.78. The summed E-state index contributed by atoms with van der Waals surface area (Å²) in [7, 11) is 0. The maximum absolute atomic E-state index is 12.9. The number of benzene rings is 1. The van der Waals surface area contributed by atoms with Crippen LogP contribution in [0.15, 0.2) is 18.2 Å². The van der Waals surface area contributed by atoms with Gasteiger partial charge < -0.3 is 14.7 Å². The van der Waals surface area contributed by atoms with Crippen LogP contribution in [0.2, 0.25) is 0 Å². The molecule has 0 unspecified atom stereocenters. The summed E-state index contributed by atoms with van der Waals surface area (Å²) < 4.78 is 18.1. The third kappa shape index (κ3) is 2.01. The van der Waals surface area contributed by atoms with Crippen molar-refractivity contribution in [2.45, 2.75) is 0 Å². The van der Waals surface area contributed by atoms with Crippen LogP contribution in [0.5, 0.6) is 5.75 Å². The normalized spacial score (nSPS) is 14.3. The molecule has 0 atom stereocenters. The van der Waals surface area contributed by atoms with Gasteiger partial charge in [0, 0.05) is 6.07 Å². The number of carboxylic acid groups (broad SMARTS) is 1. The number of aliphatic carboxylic acids is 1. The number of anilines is 1. The molecule has 0 bridgehead atoms. The molecule has 0 spiro atoms. The zero-order valence-corrected chi connectivity index (χ0v) is 7.94. The van der Waals surface area contributed by atoms with Crippen LogP contribution in [0.1, 0.15) is 0 Å². The lowest BCUT2D eigenvalue weighted by molar-refractivity contribution is -0.135. The molecule has 1 heterocycles. The van der Waals surface area contributed by atoms with Gasteiger partial charge in [-0.15, -0.1) is 0 Å². The topological polar surface area (TPSA) is 49.8 Å². The highest BCUT2D eigenvalue weighted by molar-refractivity contribution is 5.75. The van der Waals surface area contributed by atoms with Gasteiger partial charge in [-0.1, -0.05) is 0 Å². The maximum Gasteiger partial charge on any atom is 0.323 e. The lowest BCUT2D eigenvalue weighted by Crippen LogP contribution is -2.36. The van der Waals surface area contributed by atoms with Gasteiger partial charge in [0.2, 0.25) is 0 Å². The molecule has 0 aliphatic carbocycles. The van der Waals surface area contributed by atoms with Crippen molar-refractivity contribution in [3.05, 3.63) is 24.0 Å². The highest BCUT2D eigenvalue weighted by atomic mass is 19.1. The minimum atomic E-state index is -0.910. The Kier molecular flexibility index (Phi) is 2.45. The van der Waals surface area contributed by atoms with Crippen molar-refractivity contribution in [1.82, 2.24) is 0 Å². The van der Waals surface area contributed by atoms with Crippen LogP contribution in [-0.2, 0) is 4.79 Å². The van der Waals surface area contributed by atoms with Gasteiger partial charge in [-0.2, -0.15) is 0 Å². The molecule has 0 saturated heterocycles. The van der Waals surface area contributed by atoms with Crippen molar-refractivity contribution in [3.8, 4) is 5.75 Å². The summed E-state index contributed by atoms with van der Waals surface area (Å²) in [5.74, 6) is -0.888. The fraction of sp³-hybridized carbons (Fsp3) is 0.300. The first-order valence-corrected chi connectivity index (χ1v) is 4.56. The molecule has 0 fully saturated rings. The monoisotopic (exact) mass is 211 g/mol. The molecule has 0 radical (unpaired) electrons. The van der Waals surface area contributed by atoms with E-state index in [9.17, 15) is 9.18 Å². The first-order chi connectivity index (χ1) is 7.16. The molecular formula is C10H10FNO3. The Morgan fingerprint density at radius 1 is 1.60 bits per heavy atom. The third-order valence-corrected chi connectivity index (χ3v) is 2.21. The van der Waals surface area contributed by atoms with E-state index in [2.05, 4.69) is 0 Å². The van der Waals surface area contributed by atoms with E-state index in [0.717, 1.165) is 0 Å². The molecule has 15 heavy (non-hydrogen) atoms. The summed E-state index contributed by atoms with van der Waals surface area (Å²) >= 11 is 0. The number of carboxylic acids is 1. The van der Waals surface area contributed by atoms with Gasteiger partial charge in [0.05, 0.1) is 12.2 Å². The minimum absolute atomic E-state index is 0.0952. The van der Waals surface area contributed by atoms with Crippen LogP contribution in [0, 0.1) is 5.82 Å². The molecule has 0 aromatic heterocycles. The van der Waals surface area contributed by atoms with E-state index in [0.29, 0.717) is 24.6 Å². The summed E-state index contributed by atoms with van der Waals surface area (Å²) in [6.45, 7) is 0.788. The van der Waals surface area contributed by atoms with Crippen molar-refractivity contribution in [2.24, 2.45) is 0 Å². The number of rotatable bonds is 2. The highest BCUT2D eigenvalue weighted by Crippen LogP contribution is 2.31. The number of carbonyl (C=O) groups is 1. The number of fused-ring (bicyclic) bond motifs is 1. The Labute approximate surface area is 85.9 Å². The predicted molar refractivity (Wildman–Crippen MR) is 51.7 cm³/mol. The zero-order valence-electron chi connectivity index (χ0n) is 7.94. The van der Waals surface area contributed by atoms with E-state index in [1.807, 2.05) is 0 Å². The summed E-state index contributed by atoms with van der Waals surface area (Å²) in [4.78, 5) is 12.2. The average molecular weight is 211 g/mol. The highest BCUT2D eigenvalue weighted by Gasteiger charge is 2.20. The van der Waals surface area contributed by atoms with Gasteiger partial charge in [-0.05, 0) is 12.1 Å². The van der Waals surface area contributed by atoms with E-state index in [4.69, 9.17) is 9.84 Å². The SMILES string of the molecule is O=C(O)CN1CCOc2cc(F)ccc21. The van der Waals surface area contributed by atoms with Crippen molar-refractivity contribution in [1.29, 1.82) is 0 Å². The lowest BCUT2D eigenvalue weighted by atomic mass is 10.2. The second-order valence-corrected chi connectivity index (χ2v) is 3.28. The number of hydrogen-bond acceptors (Lipinski definition) is 3. The summed E-state index contributed by atoms with van der Waals surface area (Å²) in [5.41, 5.74) is 0.630. The van der Waals surface area contributed by atoms with E-state index < -0.39 is 5.97 Å². The average Bonchev–Trinajstić information content (AvgIpc) is 2.16. The fourth-order valence-corrected chi connectivity index (χ4v) is 1.58. The Morgan fingerprint density at radius 3 is 3.13 bits per heavy atom. The van der Waals surface area contributed by atoms with Gasteiger partial charge in [0.15, 0.2) is 0 Å². The Morgan fingerprint density at radius 2 is 2.40 bits per heavy atom. The number of nitrogens with zero attached hydrogens (tertiary/aromatic N) is 1. The molecule has 5 heteroatoms. The van der Waals surface area contributed by atoms with Gasteiger partial charge in [0.25, 0.3) is 0 Å². The zero-order chi connectivity index (χ0) is 10.8. The molecule has 4 nitrogen and oxygen atoms in total. The molecular weight excluding hydrogens is 201 g/mol. The quantitative estimate of drug-likeness (QED) is 0.796. The van der Waals surface area contributed by atoms with Crippen LogP contribution < -0.4 is 9.64 Å². The summed E-state index contributed by atoms with van der Waals surface area (Å²) in [6, 6.07) is 4.10. The van der Waals surface area contributed by atoms with Gasteiger partial charge in [-0.3, -0.25) is 4.79 Å². The van der Waals surface area contributed by atoms with Crippen molar-refractivity contribution in [2.75, 3.05) is 24.6 Å². The van der Waals surface area contributed by atoms with Crippen LogP contribution in [0.4, 0.5) is 10.1 Å². The Bertz CT molecular complexity index is 394. The van der Waals surface area contributed by atoms with Crippen molar-refractivity contribution >= 4 is 11.7 Å². The van der Waals surface area contributed by atoms with Crippen LogP contribution in [-0.4, -0.2) is 30.8 Å². The van der Waals surface area contributed by atoms with E-state index in [-0.39, 0.29) is 12.4 Å². The van der Waals surface area contributed by atoms with Gasteiger partial charge in [-0.25, -0.2) is 4.39 Å². The summed E-state index contributed by atoms with van der Waals surface area (Å²) in [5, 5.41) is 8.69. The molecule has 0 amide bonds.